The second-order valence-electron chi connectivity index (χ2n) is 8.21. The Hall–Kier alpha value is -3.66. The molecule has 2 aliphatic heterocycles. The molecule has 1 aromatic heterocycles. The van der Waals surface area contributed by atoms with Crippen LogP contribution in [0.4, 0.5) is 4.79 Å². The van der Waals surface area contributed by atoms with Gasteiger partial charge in [-0.2, -0.15) is 5.10 Å². The molecular weight excluding hydrogens is 462 g/mol. The van der Waals surface area contributed by atoms with E-state index in [4.69, 9.17) is 26.8 Å². The maximum absolute atomic E-state index is 13.4. The molecule has 0 radical (unpaired) electrons. The smallest absolute Gasteiger partial charge is 0.405 e. The van der Waals surface area contributed by atoms with Gasteiger partial charge in [-0.1, -0.05) is 41.9 Å². The fourth-order valence-electron chi connectivity index (χ4n) is 4.36. The summed E-state index contributed by atoms with van der Waals surface area (Å²) in [5.74, 6) is -0.389. The summed E-state index contributed by atoms with van der Waals surface area (Å²) in [6, 6.07) is 11.1. The van der Waals surface area contributed by atoms with E-state index in [9.17, 15) is 14.4 Å². The van der Waals surface area contributed by atoms with Gasteiger partial charge in [0.2, 0.25) is 6.10 Å². The molecule has 1 saturated heterocycles. The number of carbonyl (C=O) groups is 3. The summed E-state index contributed by atoms with van der Waals surface area (Å²) >= 11 is 5.92. The Morgan fingerprint density at radius 3 is 2.74 bits per heavy atom. The summed E-state index contributed by atoms with van der Waals surface area (Å²) in [5, 5.41) is 6.13. The monoisotopic (exact) mass is 485 g/mol. The lowest BCUT2D eigenvalue weighted by Crippen LogP contribution is -2.58. The quantitative estimate of drug-likeness (QED) is 0.637. The number of benzene rings is 1. The first-order chi connectivity index (χ1) is 16.3. The van der Waals surface area contributed by atoms with E-state index in [1.807, 2.05) is 30.3 Å². The van der Waals surface area contributed by atoms with Gasteiger partial charge in [0.05, 0.1) is 16.9 Å². The molecule has 1 fully saturated rings. The van der Waals surface area contributed by atoms with Crippen molar-refractivity contribution >= 4 is 35.2 Å². The molecule has 0 unspecified atom stereocenters. The number of rotatable bonds is 7. The van der Waals surface area contributed by atoms with Gasteiger partial charge >= 0.3 is 6.09 Å². The van der Waals surface area contributed by atoms with Crippen molar-refractivity contribution in [2.75, 3.05) is 26.7 Å². The van der Waals surface area contributed by atoms with Crippen LogP contribution in [-0.4, -0.2) is 71.4 Å². The number of nitrogens with zero attached hydrogens (tertiary/aromatic N) is 4. The summed E-state index contributed by atoms with van der Waals surface area (Å²) in [5.41, 5.74) is 5.91. The summed E-state index contributed by atoms with van der Waals surface area (Å²) in [7, 11) is 1.61. The van der Waals surface area contributed by atoms with Crippen molar-refractivity contribution in [3.63, 3.8) is 0 Å². The van der Waals surface area contributed by atoms with Crippen LogP contribution in [0.1, 0.15) is 12.0 Å². The third kappa shape index (κ3) is 4.81. The summed E-state index contributed by atoms with van der Waals surface area (Å²) < 4.78 is 10.7. The second kappa shape index (κ2) is 9.68. The van der Waals surface area contributed by atoms with Crippen LogP contribution in [0, 0.1) is 5.41 Å². The molecule has 0 aliphatic carbocycles. The van der Waals surface area contributed by atoms with Crippen molar-refractivity contribution in [1.82, 2.24) is 14.9 Å². The van der Waals surface area contributed by atoms with Gasteiger partial charge in [-0.25, -0.2) is 9.80 Å². The van der Waals surface area contributed by atoms with E-state index in [-0.39, 0.29) is 19.1 Å². The zero-order valence-electron chi connectivity index (χ0n) is 18.5. The van der Waals surface area contributed by atoms with Gasteiger partial charge in [0.25, 0.3) is 11.8 Å². The van der Waals surface area contributed by atoms with Gasteiger partial charge in [-0.05, 0) is 12.0 Å². The van der Waals surface area contributed by atoms with Crippen molar-refractivity contribution < 1.29 is 23.9 Å². The highest BCUT2D eigenvalue weighted by molar-refractivity contribution is 6.30. The molecule has 2 N–H and O–H groups in total. The van der Waals surface area contributed by atoms with E-state index in [1.165, 1.54) is 28.4 Å². The summed E-state index contributed by atoms with van der Waals surface area (Å²) in [6.07, 6.45) is 1.25. The second-order valence-corrected chi connectivity index (χ2v) is 8.64. The number of primary amides is 1. The molecule has 0 saturated carbocycles. The number of aromatic nitrogens is 1. The highest BCUT2D eigenvalue weighted by Crippen LogP contribution is 2.38. The summed E-state index contributed by atoms with van der Waals surface area (Å²) in [4.78, 5) is 43.6. The van der Waals surface area contributed by atoms with Gasteiger partial charge < -0.3 is 20.1 Å². The lowest BCUT2D eigenvalue weighted by Gasteiger charge is -2.40. The molecule has 2 atom stereocenters. The lowest BCUT2D eigenvalue weighted by atomic mass is 9.73. The number of hydrogen-bond acceptors (Lipinski definition) is 7. The van der Waals surface area contributed by atoms with Gasteiger partial charge in [-0.15, -0.1) is 0 Å². The number of likely N-dealkylation sites (tertiary alicyclic amines) is 1. The molecule has 3 heterocycles. The first kappa shape index (κ1) is 23.5. The molecule has 1 aromatic carbocycles. The molecule has 10 nitrogen and oxygen atoms in total. The molecule has 11 heteroatoms. The number of hydrazone groups is 1. The average Bonchev–Trinajstić information content (AvgIpc) is 3.06. The summed E-state index contributed by atoms with van der Waals surface area (Å²) in [6.45, 7) is 0.119. The molecular formula is C23H24ClN5O5. The molecule has 0 spiro atoms. The number of halogens is 1. The maximum Gasteiger partial charge on any atom is 0.405 e. The topological polar surface area (TPSA) is 127 Å². The fourth-order valence-corrected chi connectivity index (χ4v) is 4.52. The van der Waals surface area contributed by atoms with E-state index in [0.717, 1.165) is 11.3 Å². The molecule has 4 rings (SSSR count). The van der Waals surface area contributed by atoms with Crippen LogP contribution in [-0.2, 0) is 20.7 Å². The average molecular weight is 486 g/mol. The van der Waals surface area contributed by atoms with Gasteiger partial charge in [0.1, 0.15) is 17.8 Å². The third-order valence-corrected chi connectivity index (χ3v) is 6.09. The molecule has 3 amide bonds. The highest BCUT2D eigenvalue weighted by Gasteiger charge is 2.54. The number of amides is 3. The molecule has 34 heavy (non-hydrogen) atoms. The van der Waals surface area contributed by atoms with Gasteiger partial charge in [0.15, 0.2) is 0 Å². The number of nitrogens with two attached hydrogens (primary N) is 1. The van der Waals surface area contributed by atoms with Gasteiger partial charge in [0, 0.05) is 38.8 Å². The molecule has 2 aliphatic rings. The van der Waals surface area contributed by atoms with E-state index in [1.54, 1.807) is 7.05 Å². The van der Waals surface area contributed by atoms with Gasteiger partial charge in [-0.3, -0.25) is 14.6 Å². The molecule has 2 aromatic rings. The number of ether oxygens (including phenoxy) is 2. The van der Waals surface area contributed by atoms with Crippen LogP contribution in [0.2, 0.25) is 5.02 Å². The van der Waals surface area contributed by atoms with E-state index < -0.39 is 23.5 Å². The number of piperidine rings is 1. The highest BCUT2D eigenvalue weighted by atomic mass is 35.5. The Morgan fingerprint density at radius 2 is 2.03 bits per heavy atom. The number of carbonyl (C=O) groups excluding carboxylic acids is 3. The molecule has 178 valence electrons. The van der Waals surface area contributed by atoms with Crippen LogP contribution in [0.5, 0.6) is 5.75 Å². The fraction of sp³-hybridized carbons (Fsp3) is 0.348. The van der Waals surface area contributed by atoms with Crippen LogP contribution >= 0.6 is 11.6 Å². The van der Waals surface area contributed by atoms with Crippen molar-refractivity contribution in [3.8, 4) is 5.75 Å². The van der Waals surface area contributed by atoms with Crippen molar-refractivity contribution in [3.05, 3.63) is 59.4 Å². The lowest BCUT2D eigenvalue weighted by molar-refractivity contribution is -0.146. The minimum Gasteiger partial charge on any atom is -0.487 e. The Kier molecular flexibility index (Phi) is 6.69. The zero-order valence-corrected chi connectivity index (χ0v) is 19.3. The standard InChI is InChI=1S/C23H24ClN5O5/c1-28-21(31)23(10-15-5-3-2-4-6-15)14-29(8-7-19(23)27-28)20(30)18(34-22(25)32)13-33-17-9-16(24)11-26-12-17/h2-6,9,11-12,18H,7-8,10,13-14H2,1H3,(H2,25,32)/t18-,23-/m1/s1. The number of pyridine rings is 1. The largest absolute Gasteiger partial charge is 0.487 e. The predicted molar refractivity (Wildman–Crippen MR) is 123 cm³/mol. The normalized spacial score (nSPS) is 20.4. The zero-order chi connectivity index (χ0) is 24.3. The Labute approximate surface area is 201 Å². The Bertz CT molecular complexity index is 1130. The first-order valence-corrected chi connectivity index (χ1v) is 11.0. The maximum atomic E-state index is 13.4. The SMILES string of the molecule is CN1N=C2CCN(C(=O)[C@@H](COc3cncc(Cl)c3)OC(N)=O)C[C@@]2(Cc2ccccc2)C1=O. The van der Waals surface area contributed by atoms with Crippen LogP contribution in [0.15, 0.2) is 53.9 Å². The minimum absolute atomic E-state index is 0.0973. The van der Waals surface area contributed by atoms with E-state index in [2.05, 4.69) is 10.1 Å². The Balaban J connectivity index is 1.55. The van der Waals surface area contributed by atoms with E-state index >= 15 is 0 Å². The first-order valence-electron chi connectivity index (χ1n) is 10.7. The predicted octanol–water partition coefficient (Wildman–Crippen LogP) is 1.87. The van der Waals surface area contributed by atoms with Crippen LogP contribution in [0.25, 0.3) is 0 Å². The number of fused-ring (bicyclic) bond motifs is 1. The minimum atomic E-state index is -1.31. The molecule has 0 bridgehead atoms. The van der Waals surface area contributed by atoms with Crippen molar-refractivity contribution in [1.29, 1.82) is 0 Å². The number of hydrogen-bond donors (Lipinski definition) is 1. The van der Waals surface area contributed by atoms with Crippen LogP contribution in [0.3, 0.4) is 0 Å². The van der Waals surface area contributed by atoms with Crippen molar-refractivity contribution in [2.24, 2.45) is 16.3 Å². The third-order valence-electron chi connectivity index (χ3n) is 5.88. The van der Waals surface area contributed by atoms with Crippen molar-refractivity contribution in [2.45, 2.75) is 18.9 Å². The van der Waals surface area contributed by atoms with E-state index in [0.29, 0.717) is 30.2 Å². The Morgan fingerprint density at radius 1 is 1.26 bits per heavy atom. The van der Waals surface area contributed by atoms with Crippen LogP contribution < -0.4 is 10.5 Å².